The Kier molecular flexibility index (Phi) is 4.61. The fourth-order valence-corrected chi connectivity index (χ4v) is 3.07. The number of hydrogen-bond acceptors (Lipinski definition) is 7. The molecule has 25 heavy (non-hydrogen) atoms. The van der Waals surface area contributed by atoms with Gasteiger partial charge in [-0.15, -0.1) is 10.2 Å². The highest BCUT2D eigenvalue weighted by Crippen LogP contribution is 2.20. The van der Waals surface area contributed by atoms with Crippen LogP contribution >= 0.6 is 11.8 Å². The number of anilines is 1. The molecular weight excluding hydrogens is 344 g/mol. The molecule has 1 aromatic carbocycles. The molecule has 0 aliphatic heterocycles. The zero-order valence-corrected chi connectivity index (χ0v) is 14.3. The van der Waals surface area contributed by atoms with Crippen LogP contribution in [0.1, 0.15) is 11.4 Å². The first kappa shape index (κ1) is 16.8. The number of aromatic nitrogens is 4. The fraction of sp³-hybridized carbons (Fsp3) is 0.200. The number of benzene rings is 1. The standard InChI is InChI=1S/C15H14N6O3S/c1-9-7-10(2)20-14(16-9)18-19-15(20)25-8-13(22)17-11-3-5-12(6-4-11)21(23)24/h3-7H,8H2,1-2H3,(H,17,22). The molecule has 0 radical (unpaired) electrons. The molecule has 0 atom stereocenters. The molecule has 0 aliphatic rings. The Bertz CT molecular complexity index is 954. The van der Waals surface area contributed by atoms with Crippen molar-refractivity contribution in [3.8, 4) is 0 Å². The SMILES string of the molecule is Cc1cc(C)n2c(SCC(=O)Nc3ccc([N+](=O)[O-])cc3)nnc2n1. The first-order valence-electron chi connectivity index (χ1n) is 7.30. The maximum atomic E-state index is 12.1. The minimum atomic E-state index is -0.490. The lowest BCUT2D eigenvalue weighted by molar-refractivity contribution is -0.384. The molecule has 3 aromatic rings. The van der Waals surface area contributed by atoms with Crippen LogP contribution in [0.5, 0.6) is 0 Å². The minimum Gasteiger partial charge on any atom is -0.325 e. The van der Waals surface area contributed by atoms with E-state index < -0.39 is 4.92 Å². The Morgan fingerprint density at radius 2 is 2.00 bits per heavy atom. The summed E-state index contributed by atoms with van der Waals surface area (Å²) < 4.78 is 1.79. The smallest absolute Gasteiger partial charge is 0.269 e. The zero-order chi connectivity index (χ0) is 18.0. The summed E-state index contributed by atoms with van der Waals surface area (Å²) >= 11 is 1.24. The van der Waals surface area contributed by atoms with Crippen LogP contribution in [0.4, 0.5) is 11.4 Å². The van der Waals surface area contributed by atoms with Crippen LogP contribution < -0.4 is 5.32 Å². The lowest BCUT2D eigenvalue weighted by atomic mass is 10.3. The van der Waals surface area contributed by atoms with Gasteiger partial charge in [-0.2, -0.15) is 0 Å². The number of carbonyl (C=O) groups excluding carboxylic acids is 1. The molecule has 2 heterocycles. The van der Waals surface area contributed by atoms with Crippen LogP contribution in [0.2, 0.25) is 0 Å². The maximum absolute atomic E-state index is 12.1. The van der Waals surface area contributed by atoms with Crippen molar-refractivity contribution in [1.82, 2.24) is 19.6 Å². The monoisotopic (exact) mass is 358 g/mol. The number of aryl methyl sites for hydroxylation is 2. The highest BCUT2D eigenvalue weighted by atomic mass is 32.2. The summed E-state index contributed by atoms with van der Waals surface area (Å²) in [5, 5.41) is 22.0. The zero-order valence-electron chi connectivity index (χ0n) is 13.5. The predicted molar refractivity (Wildman–Crippen MR) is 92.7 cm³/mol. The summed E-state index contributed by atoms with van der Waals surface area (Å²) in [6.07, 6.45) is 0. The van der Waals surface area contributed by atoms with Gasteiger partial charge in [-0.3, -0.25) is 19.3 Å². The molecule has 3 rings (SSSR count). The topological polar surface area (TPSA) is 115 Å². The van der Waals surface area contributed by atoms with Crippen molar-refractivity contribution in [2.75, 3.05) is 11.1 Å². The molecule has 0 bridgehead atoms. The van der Waals surface area contributed by atoms with Crippen LogP contribution in [0.15, 0.2) is 35.5 Å². The average Bonchev–Trinajstić information content (AvgIpc) is 2.96. The third-order valence-corrected chi connectivity index (χ3v) is 4.29. The Morgan fingerprint density at radius 3 is 2.68 bits per heavy atom. The number of amides is 1. The van der Waals surface area contributed by atoms with Gasteiger partial charge >= 0.3 is 0 Å². The number of nitrogens with one attached hydrogen (secondary N) is 1. The summed E-state index contributed by atoms with van der Waals surface area (Å²) in [4.78, 5) is 26.5. The molecule has 10 heteroatoms. The molecule has 0 saturated carbocycles. The van der Waals surface area contributed by atoms with E-state index in [0.29, 0.717) is 16.6 Å². The van der Waals surface area contributed by atoms with E-state index in [-0.39, 0.29) is 17.3 Å². The molecule has 128 valence electrons. The molecule has 0 aliphatic carbocycles. The number of fused-ring (bicyclic) bond motifs is 1. The van der Waals surface area contributed by atoms with E-state index in [1.54, 1.807) is 4.40 Å². The second-order valence-electron chi connectivity index (χ2n) is 5.30. The van der Waals surface area contributed by atoms with Crippen LogP contribution in [-0.2, 0) is 4.79 Å². The van der Waals surface area contributed by atoms with Crippen LogP contribution in [-0.4, -0.2) is 36.2 Å². The van der Waals surface area contributed by atoms with Crippen molar-refractivity contribution in [3.63, 3.8) is 0 Å². The lowest BCUT2D eigenvalue weighted by Crippen LogP contribution is -2.14. The van der Waals surface area contributed by atoms with Gasteiger partial charge in [0.2, 0.25) is 5.91 Å². The van der Waals surface area contributed by atoms with Crippen molar-refractivity contribution >= 4 is 34.8 Å². The predicted octanol–water partition coefficient (Wildman–Crippen LogP) is 2.38. The number of nitro groups is 1. The van der Waals surface area contributed by atoms with E-state index in [1.165, 1.54) is 36.0 Å². The van der Waals surface area contributed by atoms with Crippen LogP contribution in [0, 0.1) is 24.0 Å². The first-order valence-corrected chi connectivity index (χ1v) is 8.29. The van der Waals surface area contributed by atoms with Gasteiger partial charge in [-0.05, 0) is 32.0 Å². The van der Waals surface area contributed by atoms with E-state index in [2.05, 4.69) is 20.5 Å². The number of rotatable bonds is 5. The second-order valence-corrected chi connectivity index (χ2v) is 6.24. The largest absolute Gasteiger partial charge is 0.325 e. The third kappa shape index (κ3) is 3.74. The summed E-state index contributed by atoms with van der Waals surface area (Å²) in [7, 11) is 0. The highest BCUT2D eigenvalue weighted by Gasteiger charge is 2.13. The Balaban J connectivity index is 1.65. The van der Waals surface area contributed by atoms with Crippen molar-refractivity contribution in [3.05, 3.63) is 51.8 Å². The van der Waals surface area contributed by atoms with E-state index in [0.717, 1.165) is 11.4 Å². The molecule has 0 spiro atoms. The Morgan fingerprint density at radius 1 is 1.28 bits per heavy atom. The van der Waals surface area contributed by atoms with Gasteiger partial charge < -0.3 is 5.32 Å². The maximum Gasteiger partial charge on any atom is 0.269 e. The summed E-state index contributed by atoms with van der Waals surface area (Å²) in [6, 6.07) is 7.57. The summed E-state index contributed by atoms with van der Waals surface area (Å²) in [5.41, 5.74) is 2.26. The molecule has 0 fully saturated rings. The number of non-ortho nitro benzene ring substituents is 1. The van der Waals surface area contributed by atoms with Crippen LogP contribution in [0.3, 0.4) is 0 Å². The third-order valence-electron chi connectivity index (χ3n) is 3.36. The number of thioether (sulfide) groups is 1. The number of nitrogens with zero attached hydrogens (tertiary/aromatic N) is 5. The van der Waals surface area contributed by atoms with E-state index in [1.807, 2.05) is 19.9 Å². The lowest BCUT2D eigenvalue weighted by Gasteiger charge is -2.05. The molecule has 1 N–H and O–H groups in total. The molecule has 1 amide bonds. The van der Waals surface area contributed by atoms with Crippen molar-refractivity contribution in [2.24, 2.45) is 0 Å². The van der Waals surface area contributed by atoms with E-state index in [4.69, 9.17) is 0 Å². The molecular formula is C15H14N6O3S. The van der Waals surface area contributed by atoms with Gasteiger partial charge in [0.25, 0.3) is 11.5 Å². The highest BCUT2D eigenvalue weighted by molar-refractivity contribution is 7.99. The first-order chi connectivity index (χ1) is 11.9. The van der Waals surface area contributed by atoms with Gasteiger partial charge in [-0.25, -0.2) is 4.98 Å². The van der Waals surface area contributed by atoms with Gasteiger partial charge in [0.05, 0.1) is 10.7 Å². The van der Waals surface area contributed by atoms with Crippen molar-refractivity contribution < 1.29 is 9.72 Å². The number of carbonyl (C=O) groups is 1. The fourth-order valence-electron chi connectivity index (χ4n) is 2.29. The molecule has 2 aromatic heterocycles. The molecule has 0 saturated heterocycles. The summed E-state index contributed by atoms with van der Waals surface area (Å²) in [6.45, 7) is 3.80. The van der Waals surface area contributed by atoms with E-state index >= 15 is 0 Å². The van der Waals surface area contributed by atoms with Gasteiger partial charge in [0.1, 0.15) is 0 Å². The Labute approximate surface area is 146 Å². The summed E-state index contributed by atoms with van der Waals surface area (Å²) in [5.74, 6) is 0.384. The van der Waals surface area contributed by atoms with Gasteiger partial charge in [-0.1, -0.05) is 11.8 Å². The van der Waals surface area contributed by atoms with Crippen molar-refractivity contribution in [2.45, 2.75) is 19.0 Å². The van der Waals surface area contributed by atoms with Crippen molar-refractivity contribution in [1.29, 1.82) is 0 Å². The number of hydrogen-bond donors (Lipinski definition) is 1. The molecule has 9 nitrogen and oxygen atoms in total. The minimum absolute atomic E-state index is 0.0272. The molecule has 0 unspecified atom stereocenters. The second kappa shape index (κ2) is 6.85. The number of nitro benzene ring substituents is 1. The average molecular weight is 358 g/mol. The van der Waals surface area contributed by atoms with E-state index in [9.17, 15) is 14.9 Å². The van der Waals surface area contributed by atoms with Crippen LogP contribution in [0.25, 0.3) is 5.78 Å². The Hall–Kier alpha value is -3.01. The quantitative estimate of drug-likeness (QED) is 0.423. The normalized spacial score (nSPS) is 10.8. The van der Waals surface area contributed by atoms with Gasteiger partial charge in [0.15, 0.2) is 5.16 Å². The van der Waals surface area contributed by atoms with Gasteiger partial charge in [0, 0.05) is 29.2 Å².